The van der Waals surface area contributed by atoms with Gasteiger partial charge in [-0.25, -0.2) is 17.8 Å². The minimum atomic E-state index is -4.11. The molecule has 8 nitrogen and oxygen atoms in total. The molecule has 0 saturated carbocycles. The molecule has 0 fully saturated rings. The van der Waals surface area contributed by atoms with Crippen molar-refractivity contribution in [1.29, 1.82) is 0 Å². The first-order valence-corrected chi connectivity index (χ1v) is 14.0. The number of imidazole rings is 1. The monoisotopic (exact) mass is 578 g/mol. The highest BCUT2D eigenvalue weighted by molar-refractivity contribution is 7.89. The maximum atomic E-state index is 14.4. The van der Waals surface area contributed by atoms with E-state index in [2.05, 4.69) is 10.3 Å². The summed E-state index contributed by atoms with van der Waals surface area (Å²) in [6, 6.07) is 22.9. The number of aromatic nitrogens is 2. The molecule has 3 aromatic carbocycles. The second-order valence-electron chi connectivity index (χ2n) is 8.97. The largest absolute Gasteiger partial charge is 0.468 e. The van der Waals surface area contributed by atoms with Crippen LogP contribution < -0.4 is 5.32 Å². The van der Waals surface area contributed by atoms with Gasteiger partial charge < -0.3 is 4.42 Å². The van der Waals surface area contributed by atoms with Crippen LogP contribution in [0.15, 0.2) is 107 Å². The quantitative estimate of drug-likeness (QED) is 0.229. The predicted molar refractivity (Wildman–Crippen MR) is 150 cm³/mol. The molecule has 0 saturated heterocycles. The van der Waals surface area contributed by atoms with Crippen molar-refractivity contribution in [3.63, 3.8) is 0 Å². The van der Waals surface area contributed by atoms with Gasteiger partial charge in [0.1, 0.15) is 11.6 Å². The number of hydrogen-bond donors (Lipinski definition) is 1. The fourth-order valence-corrected chi connectivity index (χ4v) is 5.52. The molecule has 1 amide bonds. The van der Waals surface area contributed by atoms with E-state index in [9.17, 15) is 17.6 Å². The van der Waals surface area contributed by atoms with E-state index in [4.69, 9.17) is 16.0 Å². The average molecular weight is 579 g/mol. The Morgan fingerprint density at radius 2 is 1.80 bits per heavy atom. The molecular weight excluding hydrogens is 555 g/mol. The van der Waals surface area contributed by atoms with Crippen LogP contribution in [0.4, 0.5) is 10.3 Å². The highest BCUT2D eigenvalue weighted by atomic mass is 35.5. The number of aryl methyl sites for hydroxylation is 1. The van der Waals surface area contributed by atoms with E-state index >= 15 is 0 Å². The Labute approximate surface area is 235 Å². The van der Waals surface area contributed by atoms with Gasteiger partial charge in [0.05, 0.1) is 35.6 Å². The third-order valence-corrected chi connectivity index (χ3v) is 8.20. The number of nitrogens with one attached hydrogen (secondary N) is 1. The molecule has 5 rings (SSSR count). The van der Waals surface area contributed by atoms with Crippen molar-refractivity contribution >= 4 is 33.5 Å². The van der Waals surface area contributed by atoms with E-state index < -0.39 is 28.3 Å². The maximum Gasteiger partial charge on any atom is 0.243 e. The lowest BCUT2D eigenvalue weighted by atomic mass is 10.2. The van der Waals surface area contributed by atoms with Crippen LogP contribution in [0.1, 0.15) is 11.3 Å². The van der Waals surface area contributed by atoms with E-state index in [1.165, 1.54) is 36.6 Å². The van der Waals surface area contributed by atoms with E-state index in [0.717, 1.165) is 9.87 Å². The van der Waals surface area contributed by atoms with Crippen LogP contribution in [-0.2, 0) is 21.4 Å². The lowest BCUT2D eigenvalue weighted by Crippen LogP contribution is -2.37. The summed E-state index contributed by atoms with van der Waals surface area (Å²) in [5, 5.41) is 3.09. The van der Waals surface area contributed by atoms with Gasteiger partial charge >= 0.3 is 0 Å². The zero-order valence-electron chi connectivity index (χ0n) is 21.3. The highest BCUT2D eigenvalue weighted by Crippen LogP contribution is 2.26. The summed E-state index contributed by atoms with van der Waals surface area (Å²) in [5.74, 6) is -0.603. The number of rotatable bonds is 9. The van der Waals surface area contributed by atoms with Crippen molar-refractivity contribution < 1.29 is 22.0 Å². The van der Waals surface area contributed by atoms with Crippen molar-refractivity contribution in [2.24, 2.45) is 0 Å². The molecule has 1 N–H and O–H groups in total. The second-order valence-corrected chi connectivity index (χ2v) is 11.3. The van der Waals surface area contributed by atoms with Crippen molar-refractivity contribution in [3.8, 4) is 16.9 Å². The number of nitrogens with zero attached hydrogens (tertiary/aromatic N) is 3. The van der Waals surface area contributed by atoms with Crippen LogP contribution in [0.2, 0.25) is 5.02 Å². The van der Waals surface area contributed by atoms with Gasteiger partial charge in [0.15, 0.2) is 0 Å². The van der Waals surface area contributed by atoms with Gasteiger partial charge in [0.25, 0.3) is 0 Å². The fourth-order valence-electron chi connectivity index (χ4n) is 4.03. The first-order chi connectivity index (χ1) is 19.2. The van der Waals surface area contributed by atoms with Gasteiger partial charge in [-0.1, -0.05) is 48.0 Å². The summed E-state index contributed by atoms with van der Waals surface area (Å²) in [4.78, 5) is 17.9. The highest BCUT2D eigenvalue weighted by Gasteiger charge is 2.28. The normalized spacial score (nSPS) is 11.6. The van der Waals surface area contributed by atoms with Crippen LogP contribution >= 0.6 is 11.6 Å². The Balaban J connectivity index is 1.47. The number of amides is 1. The molecule has 0 aliphatic carbocycles. The smallest absolute Gasteiger partial charge is 0.243 e. The second kappa shape index (κ2) is 11.5. The average Bonchev–Trinajstić information content (AvgIpc) is 3.61. The third-order valence-electron chi connectivity index (χ3n) is 6.14. The Hall–Kier alpha value is -4.25. The molecule has 5 aromatic rings. The summed E-state index contributed by atoms with van der Waals surface area (Å²) < 4.78 is 49.4. The maximum absolute atomic E-state index is 14.4. The Bertz CT molecular complexity index is 1740. The number of benzene rings is 3. The lowest BCUT2D eigenvalue weighted by Gasteiger charge is -2.21. The first kappa shape index (κ1) is 27.3. The SMILES string of the molecule is Cc1ccc(-n2cc(-c3ccccc3)nc2NC(=O)CN(Cc2ccco2)S(=O)(=O)c2ccc(Cl)cc2)cc1F. The summed E-state index contributed by atoms with van der Waals surface area (Å²) >= 11 is 5.94. The number of furan rings is 1. The number of carbonyl (C=O) groups is 1. The number of carbonyl (C=O) groups excluding carboxylic acids is 1. The summed E-state index contributed by atoms with van der Waals surface area (Å²) in [7, 11) is -4.11. The molecule has 2 heterocycles. The van der Waals surface area contributed by atoms with E-state index in [1.807, 2.05) is 30.3 Å². The van der Waals surface area contributed by atoms with E-state index in [0.29, 0.717) is 27.7 Å². The summed E-state index contributed by atoms with van der Waals surface area (Å²) in [6.45, 7) is 0.930. The van der Waals surface area contributed by atoms with Gasteiger partial charge in [-0.2, -0.15) is 4.31 Å². The minimum Gasteiger partial charge on any atom is -0.468 e. The van der Waals surface area contributed by atoms with Crippen LogP contribution in [-0.4, -0.2) is 34.7 Å². The van der Waals surface area contributed by atoms with Gasteiger partial charge in [-0.15, -0.1) is 0 Å². The number of anilines is 1. The van der Waals surface area contributed by atoms with Crippen LogP contribution in [0, 0.1) is 12.7 Å². The fraction of sp³-hybridized carbons (Fsp3) is 0.103. The lowest BCUT2D eigenvalue weighted by molar-refractivity contribution is -0.116. The number of hydrogen-bond acceptors (Lipinski definition) is 5. The molecule has 11 heteroatoms. The Morgan fingerprint density at radius 3 is 2.48 bits per heavy atom. The van der Waals surface area contributed by atoms with Crippen molar-refractivity contribution in [1.82, 2.24) is 13.9 Å². The van der Waals surface area contributed by atoms with Crippen molar-refractivity contribution in [2.75, 3.05) is 11.9 Å². The zero-order chi connectivity index (χ0) is 28.3. The van der Waals surface area contributed by atoms with Crippen molar-refractivity contribution in [2.45, 2.75) is 18.4 Å². The van der Waals surface area contributed by atoms with Gasteiger partial charge in [-0.3, -0.25) is 14.7 Å². The molecule has 0 unspecified atom stereocenters. The minimum absolute atomic E-state index is 0.0285. The molecule has 2 aromatic heterocycles. The molecule has 0 atom stereocenters. The number of halogens is 2. The van der Waals surface area contributed by atoms with Crippen LogP contribution in [0.5, 0.6) is 0 Å². The van der Waals surface area contributed by atoms with Crippen LogP contribution in [0.25, 0.3) is 16.9 Å². The summed E-state index contributed by atoms with van der Waals surface area (Å²) in [5.41, 5.74) is 2.24. The van der Waals surface area contributed by atoms with Gasteiger partial charge in [-0.05, 0) is 61.0 Å². The molecule has 40 heavy (non-hydrogen) atoms. The van der Waals surface area contributed by atoms with Gasteiger partial charge in [0, 0.05) is 16.8 Å². The Morgan fingerprint density at radius 1 is 1.05 bits per heavy atom. The van der Waals surface area contributed by atoms with E-state index in [-0.39, 0.29) is 17.4 Å². The molecule has 0 bridgehead atoms. The summed E-state index contributed by atoms with van der Waals surface area (Å²) in [6.07, 6.45) is 3.10. The zero-order valence-corrected chi connectivity index (χ0v) is 22.9. The Kier molecular flexibility index (Phi) is 7.83. The molecular formula is C29H24ClFN4O4S. The van der Waals surface area contributed by atoms with Crippen molar-refractivity contribution in [3.05, 3.63) is 120 Å². The first-order valence-electron chi connectivity index (χ1n) is 12.2. The molecule has 0 spiro atoms. The van der Waals surface area contributed by atoms with E-state index in [1.54, 1.807) is 42.0 Å². The third kappa shape index (κ3) is 5.99. The predicted octanol–water partition coefficient (Wildman–Crippen LogP) is 6.06. The van der Waals surface area contributed by atoms with Gasteiger partial charge in [0.2, 0.25) is 21.9 Å². The molecule has 0 radical (unpaired) electrons. The standard InChI is InChI=1S/C29H24ClFN4O4S/c1-20-9-12-23(16-26(20)31)35-18-27(21-6-3-2-4-7-21)32-29(35)33-28(36)19-34(17-24-8-5-15-39-24)40(37,38)25-13-10-22(30)11-14-25/h2-16,18H,17,19H2,1H3,(H,32,33,36). The topological polar surface area (TPSA) is 97.4 Å². The molecule has 0 aliphatic rings. The number of sulfonamides is 1. The molecule has 0 aliphatic heterocycles. The van der Waals surface area contributed by atoms with Crippen LogP contribution in [0.3, 0.4) is 0 Å². The molecule has 204 valence electrons.